The molecule has 1 aromatic rings. The Kier molecular flexibility index (Phi) is 4.82. The summed E-state index contributed by atoms with van der Waals surface area (Å²) in [5, 5.41) is 5.72. The molecule has 2 heterocycles. The Hall–Kier alpha value is -0.380. The fourth-order valence-corrected chi connectivity index (χ4v) is 3.11. The summed E-state index contributed by atoms with van der Waals surface area (Å²) in [6.07, 6.45) is 3.96. The van der Waals surface area contributed by atoms with Crippen LogP contribution in [0.5, 0.6) is 0 Å². The van der Waals surface area contributed by atoms with Gasteiger partial charge in [-0.15, -0.1) is 11.3 Å². The first-order valence-electron chi connectivity index (χ1n) is 6.37. The van der Waals surface area contributed by atoms with Crippen molar-refractivity contribution in [1.29, 1.82) is 0 Å². The Morgan fingerprint density at radius 3 is 3.25 bits per heavy atom. The largest absolute Gasteiger partial charge is 0.315 e. The zero-order valence-corrected chi connectivity index (χ0v) is 10.9. The lowest BCUT2D eigenvalue weighted by molar-refractivity contribution is 0.241. The summed E-state index contributed by atoms with van der Waals surface area (Å²) in [7, 11) is 0. The van der Waals surface area contributed by atoms with Crippen LogP contribution in [0.1, 0.15) is 31.1 Å². The summed E-state index contributed by atoms with van der Waals surface area (Å²) in [5.74, 6) is 0. The van der Waals surface area contributed by atoms with E-state index in [-0.39, 0.29) is 0 Å². The molecule has 1 saturated heterocycles. The molecule has 3 heteroatoms. The fraction of sp³-hybridized carbons (Fsp3) is 0.692. The van der Waals surface area contributed by atoms with E-state index >= 15 is 0 Å². The quantitative estimate of drug-likeness (QED) is 0.767. The average Bonchev–Trinajstić information content (AvgIpc) is 2.92. The Balaban J connectivity index is 1.79. The first-order chi connectivity index (χ1) is 7.90. The maximum absolute atomic E-state index is 3.55. The van der Waals surface area contributed by atoms with Crippen LogP contribution in [0.25, 0.3) is 0 Å². The molecule has 0 aromatic carbocycles. The minimum Gasteiger partial charge on any atom is -0.315 e. The van der Waals surface area contributed by atoms with Crippen molar-refractivity contribution in [1.82, 2.24) is 10.2 Å². The van der Waals surface area contributed by atoms with Crippen molar-refractivity contribution >= 4 is 11.3 Å². The SMILES string of the molecule is CCCNCC1CCCN1Cc1cccs1. The summed E-state index contributed by atoms with van der Waals surface area (Å²) >= 11 is 1.88. The molecule has 16 heavy (non-hydrogen) atoms. The molecule has 0 saturated carbocycles. The van der Waals surface area contributed by atoms with E-state index in [1.165, 1.54) is 37.2 Å². The van der Waals surface area contributed by atoms with Crippen molar-refractivity contribution in [2.45, 2.75) is 38.8 Å². The molecule has 0 radical (unpaired) electrons. The third-order valence-corrected chi connectivity index (χ3v) is 4.11. The van der Waals surface area contributed by atoms with Gasteiger partial charge in [0, 0.05) is 24.0 Å². The van der Waals surface area contributed by atoms with Crippen molar-refractivity contribution in [3.63, 3.8) is 0 Å². The van der Waals surface area contributed by atoms with Gasteiger partial charge in [-0.1, -0.05) is 13.0 Å². The molecule has 0 bridgehead atoms. The van der Waals surface area contributed by atoms with Crippen LogP contribution >= 0.6 is 11.3 Å². The highest BCUT2D eigenvalue weighted by molar-refractivity contribution is 7.09. The molecule has 1 atom stereocenters. The number of nitrogens with one attached hydrogen (secondary N) is 1. The van der Waals surface area contributed by atoms with Crippen molar-refractivity contribution in [2.75, 3.05) is 19.6 Å². The van der Waals surface area contributed by atoms with Gasteiger partial charge in [-0.2, -0.15) is 0 Å². The predicted octanol–water partition coefficient (Wildman–Crippen LogP) is 2.71. The fourth-order valence-electron chi connectivity index (χ4n) is 2.38. The van der Waals surface area contributed by atoms with E-state index in [1.807, 2.05) is 11.3 Å². The second-order valence-electron chi connectivity index (χ2n) is 4.55. The van der Waals surface area contributed by atoms with Gasteiger partial charge >= 0.3 is 0 Å². The topological polar surface area (TPSA) is 15.3 Å². The Bertz CT molecular complexity index is 284. The number of hydrogen-bond acceptors (Lipinski definition) is 3. The minimum atomic E-state index is 0.758. The van der Waals surface area contributed by atoms with Gasteiger partial charge in [0.05, 0.1) is 0 Å². The molecule has 0 aliphatic carbocycles. The van der Waals surface area contributed by atoms with Crippen LogP contribution in [0.3, 0.4) is 0 Å². The van der Waals surface area contributed by atoms with Gasteiger partial charge in [0.15, 0.2) is 0 Å². The number of thiophene rings is 1. The van der Waals surface area contributed by atoms with Crippen molar-refractivity contribution in [3.05, 3.63) is 22.4 Å². The monoisotopic (exact) mass is 238 g/mol. The van der Waals surface area contributed by atoms with Crippen LogP contribution in [-0.4, -0.2) is 30.6 Å². The van der Waals surface area contributed by atoms with Crippen LogP contribution in [-0.2, 0) is 6.54 Å². The maximum Gasteiger partial charge on any atom is 0.0331 e. The van der Waals surface area contributed by atoms with Crippen LogP contribution in [0.4, 0.5) is 0 Å². The van der Waals surface area contributed by atoms with E-state index in [4.69, 9.17) is 0 Å². The molecule has 1 aromatic heterocycles. The molecule has 90 valence electrons. The van der Waals surface area contributed by atoms with Crippen LogP contribution in [0.2, 0.25) is 0 Å². The number of likely N-dealkylation sites (tertiary alicyclic amines) is 1. The first-order valence-corrected chi connectivity index (χ1v) is 7.25. The highest BCUT2D eigenvalue weighted by atomic mass is 32.1. The lowest BCUT2D eigenvalue weighted by atomic mass is 10.2. The minimum absolute atomic E-state index is 0.758. The van der Waals surface area contributed by atoms with Crippen LogP contribution < -0.4 is 5.32 Å². The molecule has 2 nitrogen and oxygen atoms in total. The van der Waals surface area contributed by atoms with Gasteiger partial charge < -0.3 is 5.32 Å². The van der Waals surface area contributed by atoms with E-state index in [0.717, 1.165) is 19.1 Å². The van der Waals surface area contributed by atoms with E-state index < -0.39 is 0 Å². The number of nitrogens with zero attached hydrogens (tertiary/aromatic N) is 1. The summed E-state index contributed by atoms with van der Waals surface area (Å²) in [6, 6.07) is 5.16. The molecular weight excluding hydrogens is 216 g/mol. The smallest absolute Gasteiger partial charge is 0.0331 e. The molecule has 0 spiro atoms. The Morgan fingerprint density at radius 2 is 2.50 bits per heavy atom. The zero-order chi connectivity index (χ0) is 11.2. The van der Waals surface area contributed by atoms with Gasteiger partial charge in [-0.25, -0.2) is 0 Å². The van der Waals surface area contributed by atoms with Crippen LogP contribution in [0.15, 0.2) is 17.5 Å². The molecular formula is C13H22N2S. The second-order valence-corrected chi connectivity index (χ2v) is 5.58. The normalized spacial score (nSPS) is 21.7. The lowest BCUT2D eigenvalue weighted by Gasteiger charge is -2.24. The molecule has 1 N–H and O–H groups in total. The predicted molar refractivity (Wildman–Crippen MR) is 70.9 cm³/mol. The maximum atomic E-state index is 3.55. The standard InChI is InChI=1S/C13H22N2S/c1-2-7-14-10-12-5-3-8-15(12)11-13-6-4-9-16-13/h4,6,9,12,14H,2-3,5,7-8,10-11H2,1H3. The lowest BCUT2D eigenvalue weighted by Crippen LogP contribution is -2.37. The molecule has 1 unspecified atom stereocenters. The molecule has 2 rings (SSSR count). The highest BCUT2D eigenvalue weighted by Crippen LogP contribution is 2.21. The van der Waals surface area contributed by atoms with Gasteiger partial charge in [-0.05, 0) is 43.8 Å². The number of rotatable bonds is 6. The third-order valence-electron chi connectivity index (χ3n) is 3.24. The molecule has 1 aliphatic heterocycles. The van der Waals surface area contributed by atoms with Crippen molar-refractivity contribution < 1.29 is 0 Å². The summed E-state index contributed by atoms with van der Waals surface area (Å²) in [4.78, 5) is 4.14. The van der Waals surface area contributed by atoms with Gasteiger partial charge in [-0.3, -0.25) is 4.90 Å². The van der Waals surface area contributed by atoms with Gasteiger partial charge in [0.1, 0.15) is 0 Å². The Labute approximate surface area is 103 Å². The number of hydrogen-bond donors (Lipinski definition) is 1. The van der Waals surface area contributed by atoms with E-state index in [0.29, 0.717) is 0 Å². The van der Waals surface area contributed by atoms with Gasteiger partial charge in [0.25, 0.3) is 0 Å². The molecule has 1 aliphatic rings. The molecule has 0 amide bonds. The third kappa shape index (κ3) is 3.30. The van der Waals surface area contributed by atoms with Gasteiger partial charge in [0.2, 0.25) is 0 Å². The molecule has 1 fully saturated rings. The Morgan fingerprint density at radius 1 is 1.56 bits per heavy atom. The summed E-state index contributed by atoms with van der Waals surface area (Å²) in [6.45, 7) is 6.97. The second kappa shape index (κ2) is 6.38. The average molecular weight is 238 g/mol. The van der Waals surface area contributed by atoms with Crippen LogP contribution in [0, 0.1) is 0 Å². The summed E-state index contributed by atoms with van der Waals surface area (Å²) in [5.41, 5.74) is 0. The van der Waals surface area contributed by atoms with Crippen molar-refractivity contribution in [2.24, 2.45) is 0 Å². The zero-order valence-electron chi connectivity index (χ0n) is 10.1. The van der Waals surface area contributed by atoms with E-state index in [2.05, 4.69) is 34.7 Å². The highest BCUT2D eigenvalue weighted by Gasteiger charge is 2.23. The van der Waals surface area contributed by atoms with E-state index in [1.54, 1.807) is 0 Å². The first kappa shape index (κ1) is 12.1. The summed E-state index contributed by atoms with van der Waals surface area (Å²) < 4.78 is 0. The van der Waals surface area contributed by atoms with Crippen molar-refractivity contribution in [3.8, 4) is 0 Å². The van der Waals surface area contributed by atoms with E-state index in [9.17, 15) is 0 Å².